The molecule has 124 valence electrons. The average molecular weight is 320 g/mol. The molecular weight excluding hydrogens is 296 g/mol. The minimum absolute atomic E-state index is 0.469. The Balaban J connectivity index is 1.57. The predicted molar refractivity (Wildman–Crippen MR) is 98.1 cm³/mol. The first kappa shape index (κ1) is 15.2. The van der Waals surface area contributed by atoms with Crippen LogP contribution in [0.1, 0.15) is 39.0 Å². The molecule has 3 aromatic heterocycles. The van der Waals surface area contributed by atoms with Crippen LogP contribution in [0.4, 0.5) is 5.82 Å². The Kier molecular flexibility index (Phi) is 4.20. The van der Waals surface area contributed by atoms with E-state index in [-0.39, 0.29) is 0 Å². The summed E-state index contributed by atoms with van der Waals surface area (Å²) in [6, 6.07) is 12.8. The maximum Gasteiger partial charge on any atom is 0.126 e. The molecule has 4 nitrogen and oxygen atoms in total. The molecule has 1 aliphatic rings. The molecule has 3 heterocycles. The minimum Gasteiger partial charge on any atom is -0.367 e. The summed E-state index contributed by atoms with van der Waals surface area (Å²) in [6.45, 7) is 2.29. The summed E-state index contributed by atoms with van der Waals surface area (Å²) >= 11 is 0. The summed E-state index contributed by atoms with van der Waals surface area (Å²) in [5.74, 6) is 1.72. The van der Waals surface area contributed by atoms with Crippen LogP contribution in [-0.4, -0.2) is 20.6 Å². The van der Waals surface area contributed by atoms with E-state index in [9.17, 15) is 0 Å². The lowest BCUT2D eigenvalue weighted by Gasteiger charge is -2.28. The van der Waals surface area contributed by atoms with Crippen LogP contribution < -0.4 is 5.32 Å². The van der Waals surface area contributed by atoms with Gasteiger partial charge in [0.15, 0.2) is 0 Å². The Labute approximate surface area is 142 Å². The van der Waals surface area contributed by atoms with Crippen molar-refractivity contribution in [3.05, 3.63) is 48.8 Å². The lowest BCUT2D eigenvalue weighted by Crippen LogP contribution is -2.28. The highest BCUT2D eigenvalue weighted by atomic mass is 15.2. The molecule has 0 aliphatic heterocycles. The maximum atomic E-state index is 4.84. The molecule has 0 spiro atoms. The van der Waals surface area contributed by atoms with Crippen LogP contribution in [-0.2, 0) is 0 Å². The van der Waals surface area contributed by atoms with E-state index < -0.39 is 0 Å². The molecular formula is C20H24N4. The maximum absolute atomic E-state index is 4.84. The van der Waals surface area contributed by atoms with Gasteiger partial charge in [-0.05, 0) is 49.9 Å². The van der Waals surface area contributed by atoms with Crippen molar-refractivity contribution < 1.29 is 0 Å². The van der Waals surface area contributed by atoms with Crippen molar-refractivity contribution in [1.82, 2.24) is 14.6 Å². The van der Waals surface area contributed by atoms with Crippen LogP contribution >= 0.6 is 0 Å². The number of fused-ring (bicyclic) bond motifs is 1. The van der Waals surface area contributed by atoms with Crippen molar-refractivity contribution in [3.63, 3.8) is 0 Å². The molecule has 1 aliphatic carbocycles. The zero-order valence-corrected chi connectivity index (χ0v) is 14.2. The summed E-state index contributed by atoms with van der Waals surface area (Å²) in [7, 11) is 0. The smallest absolute Gasteiger partial charge is 0.126 e. The van der Waals surface area contributed by atoms with E-state index in [1.165, 1.54) is 32.1 Å². The van der Waals surface area contributed by atoms with Crippen molar-refractivity contribution >= 4 is 11.3 Å². The van der Waals surface area contributed by atoms with Gasteiger partial charge in [-0.25, -0.2) is 9.50 Å². The molecule has 1 unspecified atom stereocenters. The Hall–Kier alpha value is -2.36. The molecule has 3 aromatic rings. The van der Waals surface area contributed by atoms with Crippen LogP contribution in [0.3, 0.4) is 0 Å². The number of aromatic nitrogens is 3. The third kappa shape index (κ3) is 3.01. The monoisotopic (exact) mass is 320 g/mol. The largest absolute Gasteiger partial charge is 0.367 e. The first-order valence-electron chi connectivity index (χ1n) is 8.97. The van der Waals surface area contributed by atoms with E-state index in [1.807, 2.05) is 29.0 Å². The van der Waals surface area contributed by atoms with E-state index in [0.29, 0.717) is 6.04 Å². The van der Waals surface area contributed by atoms with Crippen molar-refractivity contribution in [1.29, 1.82) is 0 Å². The first-order chi connectivity index (χ1) is 11.8. The van der Waals surface area contributed by atoms with Gasteiger partial charge in [0.05, 0.1) is 17.4 Å². The molecule has 0 saturated heterocycles. The van der Waals surface area contributed by atoms with Gasteiger partial charge in [0.1, 0.15) is 5.82 Å². The van der Waals surface area contributed by atoms with Gasteiger partial charge < -0.3 is 5.32 Å². The van der Waals surface area contributed by atoms with E-state index >= 15 is 0 Å². The van der Waals surface area contributed by atoms with Gasteiger partial charge in [0.25, 0.3) is 0 Å². The molecule has 1 saturated carbocycles. The fraction of sp³-hybridized carbons (Fsp3) is 0.400. The summed E-state index contributed by atoms with van der Waals surface area (Å²) in [6.07, 6.45) is 10.7. The summed E-state index contributed by atoms with van der Waals surface area (Å²) in [5, 5.41) is 8.04. The van der Waals surface area contributed by atoms with Crippen LogP contribution in [0.15, 0.2) is 48.8 Å². The van der Waals surface area contributed by atoms with Crippen LogP contribution in [0.25, 0.3) is 16.8 Å². The second kappa shape index (κ2) is 6.63. The highest BCUT2D eigenvalue weighted by molar-refractivity contribution is 5.78. The number of nitrogens with zero attached hydrogens (tertiary/aromatic N) is 3. The van der Waals surface area contributed by atoms with Gasteiger partial charge in [0.2, 0.25) is 0 Å². The lowest BCUT2D eigenvalue weighted by atomic mass is 9.84. The van der Waals surface area contributed by atoms with Crippen molar-refractivity contribution in [2.75, 3.05) is 5.32 Å². The minimum atomic E-state index is 0.469. The third-order valence-electron chi connectivity index (χ3n) is 5.18. The molecule has 1 N–H and O–H groups in total. The fourth-order valence-electron chi connectivity index (χ4n) is 3.78. The van der Waals surface area contributed by atoms with Crippen molar-refractivity contribution in [2.24, 2.45) is 5.92 Å². The normalized spacial score (nSPS) is 17.0. The van der Waals surface area contributed by atoms with Gasteiger partial charge in [-0.3, -0.25) is 0 Å². The second-order valence-corrected chi connectivity index (χ2v) is 6.83. The Morgan fingerprint density at radius 3 is 2.83 bits per heavy atom. The zero-order valence-electron chi connectivity index (χ0n) is 14.2. The SMILES string of the molecule is CC(Nc1cccc(-c2cnn3ccccc23)n1)C1CCCCC1. The Morgan fingerprint density at radius 1 is 1.08 bits per heavy atom. The van der Waals surface area contributed by atoms with Gasteiger partial charge in [-0.2, -0.15) is 5.10 Å². The number of hydrogen-bond acceptors (Lipinski definition) is 3. The van der Waals surface area contributed by atoms with Gasteiger partial charge in [-0.1, -0.05) is 31.4 Å². The van der Waals surface area contributed by atoms with Crippen LogP contribution in [0.2, 0.25) is 0 Å². The molecule has 0 radical (unpaired) electrons. The zero-order chi connectivity index (χ0) is 16.4. The number of rotatable bonds is 4. The van der Waals surface area contributed by atoms with Crippen molar-refractivity contribution in [2.45, 2.75) is 45.1 Å². The molecule has 4 rings (SSSR count). The first-order valence-corrected chi connectivity index (χ1v) is 8.97. The molecule has 0 bridgehead atoms. The van der Waals surface area contributed by atoms with E-state index in [4.69, 9.17) is 4.98 Å². The quantitative estimate of drug-likeness (QED) is 0.752. The van der Waals surface area contributed by atoms with E-state index in [1.54, 1.807) is 0 Å². The second-order valence-electron chi connectivity index (χ2n) is 6.83. The Bertz CT molecular complexity index is 817. The molecule has 1 atom stereocenters. The van der Waals surface area contributed by atoms with Gasteiger partial charge >= 0.3 is 0 Å². The van der Waals surface area contributed by atoms with E-state index in [2.05, 4.69) is 41.6 Å². The number of pyridine rings is 2. The molecule has 4 heteroatoms. The average Bonchev–Trinajstić information content (AvgIpc) is 3.07. The number of nitrogens with one attached hydrogen (secondary N) is 1. The number of hydrogen-bond donors (Lipinski definition) is 1. The van der Waals surface area contributed by atoms with Crippen LogP contribution in [0, 0.1) is 5.92 Å². The van der Waals surface area contributed by atoms with Gasteiger partial charge in [0, 0.05) is 17.8 Å². The molecule has 1 fully saturated rings. The Morgan fingerprint density at radius 2 is 1.96 bits per heavy atom. The topological polar surface area (TPSA) is 42.2 Å². The molecule has 0 amide bonds. The van der Waals surface area contributed by atoms with Crippen LogP contribution in [0.5, 0.6) is 0 Å². The van der Waals surface area contributed by atoms with Gasteiger partial charge in [-0.15, -0.1) is 0 Å². The highest BCUT2D eigenvalue weighted by Crippen LogP contribution is 2.28. The summed E-state index contributed by atoms with van der Waals surface area (Å²) in [4.78, 5) is 4.84. The number of anilines is 1. The highest BCUT2D eigenvalue weighted by Gasteiger charge is 2.20. The summed E-state index contributed by atoms with van der Waals surface area (Å²) < 4.78 is 1.89. The molecule has 24 heavy (non-hydrogen) atoms. The predicted octanol–water partition coefficient (Wildman–Crippen LogP) is 4.78. The molecule has 0 aromatic carbocycles. The van der Waals surface area contributed by atoms with E-state index in [0.717, 1.165) is 28.5 Å². The lowest BCUT2D eigenvalue weighted by molar-refractivity contribution is 0.328. The fourth-order valence-corrected chi connectivity index (χ4v) is 3.78. The standard InChI is InChI=1S/C20H24N4/c1-15(16-8-3-2-4-9-16)22-20-12-7-10-18(23-20)17-14-21-24-13-6-5-11-19(17)24/h5-7,10-16H,2-4,8-9H2,1H3,(H,22,23). The third-order valence-corrected chi connectivity index (χ3v) is 5.18. The summed E-state index contributed by atoms with van der Waals surface area (Å²) in [5.41, 5.74) is 3.13. The van der Waals surface area contributed by atoms with Crippen molar-refractivity contribution in [3.8, 4) is 11.3 Å².